The zero-order valence-corrected chi connectivity index (χ0v) is 13.3. The van der Waals surface area contributed by atoms with Crippen molar-refractivity contribution in [1.29, 1.82) is 0 Å². The van der Waals surface area contributed by atoms with Gasteiger partial charge in [0.1, 0.15) is 0 Å². The molecular formula is C15H31NO3. The Morgan fingerprint density at radius 2 is 1.79 bits per heavy atom. The summed E-state index contributed by atoms with van der Waals surface area (Å²) in [4.78, 5) is 0. The zero-order chi connectivity index (χ0) is 14.4. The SMILES string of the molecule is CCC1(NC)CCOC1.COC1(C(C)C)CCOC1. The van der Waals surface area contributed by atoms with Gasteiger partial charge in [-0.15, -0.1) is 0 Å². The maximum absolute atomic E-state index is 5.44. The van der Waals surface area contributed by atoms with Crippen LogP contribution in [0.5, 0.6) is 0 Å². The first-order valence-corrected chi connectivity index (χ1v) is 7.44. The van der Waals surface area contributed by atoms with Crippen LogP contribution in [0.2, 0.25) is 0 Å². The average molecular weight is 273 g/mol. The van der Waals surface area contributed by atoms with Crippen LogP contribution in [0.4, 0.5) is 0 Å². The van der Waals surface area contributed by atoms with Crippen LogP contribution >= 0.6 is 0 Å². The Hall–Kier alpha value is -0.160. The number of hydrogen-bond donors (Lipinski definition) is 1. The van der Waals surface area contributed by atoms with Crippen LogP contribution in [-0.2, 0) is 14.2 Å². The van der Waals surface area contributed by atoms with Gasteiger partial charge < -0.3 is 19.5 Å². The van der Waals surface area contributed by atoms with Gasteiger partial charge in [0.05, 0.1) is 18.8 Å². The maximum atomic E-state index is 5.44. The largest absolute Gasteiger partial charge is 0.379 e. The number of likely N-dealkylation sites (N-methyl/N-ethyl adjacent to an activating group) is 1. The maximum Gasteiger partial charge on any atom is 0.0955 e. The quantitative estimate of drug-likeness (QED) is 0.852. The molecule has 0 saturated carbocycles. The lowest BCUT2D eigenvalue weighted by atomic mass is 9.89. The molecule has 2 aliphatic rings. The predicted octanol–water partition coefficient (Wildman–Crippen LogP) is 2.22. The number of ether oxygens (including phenoxy) is 3. The smallest absolute Gasteiger partial charge is 0.0955 e. The molecule has 0 aromatic heterocycles. The first kappa shape index (κ1) is 16.9. The van der Waals surface area contributed by atoms with E-state index < -0.39 is 0 Å². The van der Waals surface area contributed by atoms with Crippen LogP contribution < -0.4 is 5.32 Å². The Morgan fingerprint density at radius 1 is 1.16 bits per heavy atom. The van der Waals surface area contributed by atoms with Gasteiger partial charge in [0.15, 0.2) is 0 Å². The Kier molecular flexibility index (Phi) is 6.74. The standard InChI is InChI=1S/C8H16O2.C7H15NO/c1-7(2)8(9-3)4-5-10-6-8;1-3-7(8-2)4-5-9-6-7/h7H,4-6H2,1-3H3;8H,3-6H2,1-2H3. The summed E-state index contributed by atoms with van der Waals surface area (Å²) in [6, 6.07) is 0. The molecule has 0 amide bonds. The molecule has 19 heavy (non-hydrogen) atoms. The van der Waals surface area contributed by atoms with Gasteiger partial charge in [0, 0.05) is 32.3 Å². The van der Waals surface area contributed by atoms with E-state index >= 15 is 0 Å². The van der Waals surface area contributed by atoms with Gasteiger partial charge in [-0.25, -0.2) is 0 Å². The van der Waals surface area contributed by atoms with Gasteiger partial charge in [0.25, 0.3) is 0 Å². The fourth-order valence-corrected chi connectivity index (χ4v) is 2.67. The summed E-state index contributed by atoms with van der Waals surface area (Å²) in [5, 5.41) is 3.30. The van der Waals surface area contributed by atoms with E-state index in [9.17, 15) is 0 Å². The number of nitrogens with one attached hydrogen (secondary N) is 1. The highest BCUT2D eigenvalue weighted by Crippen LogP contribution is 2.30. The molecule has 114 valence electrons. The summed E-state index contributed by atoms with van der Waals surface area (Å²) in [6.07, 6.45) is 3.38. The van der Waals surface area contributed by atoms with Gasteiger partial charge in [-0.05, 0) is 25.8 Å². The van der Waals surface area contributed by atoms with Crippen molar-refractivity contribution in [3.05, 3.63) is 0 Å². The third-order valence-electron chi connectivity index (χ3n) is 4.79. The summed E-state index contributed by atoms with van der Waals surface area (Å²) in [6.45, 7) is 9.99. The minimum absolute atomic E-state index is 0.0139. The predicted molar refractivity (Wildman–Crippen MR) is 77.5 cm³/mol. The number of rotatable bonds is 4. The van der Waals surface area contributed by atoms with Crippen molar-refractivity contribution in [2.24, 2.45) is 5.92 Å². The molecule has 2 heterocycles. The molecule has 2 unspecified atom stereocenters. The summed E-state index contributed by atoms with van der Waals surface area (Å²) < 4.78 is 16.0. The van der Waals surface area contributed by atoms with Gasteiger partial charge in [-0.3, -0.25) is 0 Å². The Bertz CT molecular complexity index is 238. The van der Waals surface area contributed by atoms with E-state index in [4.69, 9.17) is 14.2 Å². The van der Waals surface area contributed by atoms with Crippen LogP contribution in [-0.4, -0.2) is 51.7 Å². The van der Waals surface area contributed by atoms with E-state index in [0.29, 0.717) is 11.5 Å². The zero-order valence-electron chi connectivity index (χ0n) is 13.3. The van der Waals surface area contributed by atoms with Crippen molar-refractivity contribution >= 4 is 0 Å². The second kappa shape index (κ2) is 7.58. The molecular weight excluding hydrogens is 242 g/mol. The topological polar surface area (TPSA) is 39.7 Å². The van der Waals surface area contributed by atoms with E-state index in [1.54, 1.807) is 7.11 Å². The normalized spacial score (nSPS) is 34.4. The molecule has 0 aliphatic carbocycles. The molecule has 4 heteroatoms. The molecule has 2 saturated heterocycles. The third kappa shape index (κ3) is 4.15. The van der Waals surface area contributed by atoms with Crippen LogP contribution in [0, 0.1) is 5.92 Å². The van der Waals surface area contributed by atoms with E-state index in [2.05, 4.69) is 26.1 Å². The molecule has 2 fully saturated rings. The Balaban J connectivity index is 0.000000191. The number of hydrogen-bond acceptors (Lipinski definition) is 4. The van der Waals surface area contributed by atoms with Crippen molar-refractivity contribution in [2.45, 2.75) is 51.2 Å². The van der Waals surface area contributed by atoms with Gasteiger partial charge in [-0.2, -0.15) is 0 Å². The van der Waals surface area contributed by atoms with Crippen LogP contribution in [0.3, 0.4) is 0 Å². The second-order valence-corrected chi connectivity index (χ2v) is 5.91. The minimum Gasteiger partial charge on any atom is -0.379 e. The molecule has 1 N–H and O–H groups in total. The fraction of sp³-hybridized carbons (Fsp3) is 1.00. The van der Waals surface area contributed by atoms with E-state index in [-0.39, 0.29) is 5.60 Å². The fourth-order valence-electron chi connectivity index (χ4n) is 2.67. The summed E-state index contributed by atoms with van der Waals surface area (Å²) in [7, 11) is 3.78. The van der Waals surface area contributed by atoms with Gasteiger partial charge in [-0.1, -0.05) is 20.8 Å². The summed E-state index contributed by atoms with van der Waals surface area (Å²) >= 11 is 0. The van der Waals surface area contributed by atoms with Crippen LogP contribution in [0.15, 0.2) is 0 Å². The van der Waals surface area contributed by atoms with Crippen molar-refractivity contribution in [2.75, 3.05) is 40.6 Å². The second-order valence-electron chi connectivity index (χ2n) is 5.91. The van der Waals surface area contributed by atoms with E-state index in [1.165, 1.54) is 12.8 Å². The molecule has 0 radical (unpaired) electrons. The third-order valence-corrected chi connectivity index (χ3v) is 4.79. The summed E-state index contributed by atoms with van der Waals surface area (Å²) in [5.41, 5.74) is 0.319. The van der Waals surface area contributed by atoms with E-state index in [1.807, 2.05) is 7.05 Å². The lowest BCUT2D eigenvalue weighted by Gasteiger charge is -2.29. The molecule has 2 rings (SSSR count). The van der Waals surface area contributed by atoms with Crippen molar-refractivity contribution in [3.8, 4) is 0 Å². The highest BCUT2D eigenvalue weighted by molar-refractivity contribution is 4.88. The van der Waals surface area contributed by atoms with Crippen LogP contribution in [0.25, 0.3) is 0 Å². The first-order chi connectivity index (χ1) is 9.04. The van der Waals surface area contributed by atoms with Gasteiger partial charge >= 0.3 is 0 Å². The molecule has 0 spiro atoms. The molecule has 4 nitrogen and oxygen atoms in total. The first-order valence-electron chi connectivity index (χ1n) is 7.44. The number of methoxy groups -OCH3 is 1. The van der Waals surface area contributed by atoms with E-state index in [0.717, 1.165) is 32.8 Å². The molecule has 0 aromatic rings. The minimum atomic E-state index is 0.0139. The van der Waals surface area contributed by atoms with Gasteiger partial charge in [0.2, 0.25) is 0 Å². The lowest BCUT2D eigenvalue weighted by Crippen LogP contribution is -2.42. The molecule has 0 aromatic carbocycles. The molecule has 2 atom stereocenters. The van der Waals surface area contributed by atoms with Crippen LogP contribution in [0.1, 0.15) is 40.0 Å². The summed E-state index contributed by atoms with van der Waals surface area (Å²) in [5.74, 6) is 0.556. The van der Waals surface area contributed by atoms with Crippen molar-refractivity contribution in [1.82, 2.24) is 5.32 Å². The molecule has 0 bridgehead atoms. The molecule has 2 aliphatic heterocycles. The highest BCUT2D eigenvalue weighted by Gasteiger charge is 2.37. The monoisotopic (exact) mass is 273 g/mol. The Labute approximate surface area is 118 Å². The highest BCUT2D eigenvalue weighted by atomic mass is 16.5. The Morgan fingerprint density at radius 3 is 2.00 bits per heavy atom. The van der Waals surface area contributed by atoms with Crippen molar-refractivity contribution < 1.29 is 14.2 Å². The average Bonchev–Trinajstić information content (AvgIpc) is 3.10. The van der Waals surface area contributed by atoms with Crippen molar-refractivity contribution in [3.63, 3.8) is 0 Å². The lowest BCUT2D eigenvalue weighted by molar-refractivity contribution is -0.0511.